The van der Waals surface area contributed by atoms with Crippen LogP contribution in [0.25, 0.3) is 0 Å². The van der Waals surface area contributed by atoms with Crippen molar-refractivity contribution in [1.29, 1.82) is 0 Å². The number of anilines is 1. The highest BCUT2D eigenvalue weighted by atomic mass is 32.2. The summed E-state index contributed by atoms with van der Waals surface area (Å²) in [5.74, 6) is -0.829. The molecular weight excluding hydrogens is 393 g/mol. The lowest BCUT2D eigenvalue weighted by molar-refractivity contribution is 0.0953. The lowest BCUT2D eigenvalue weighted by Crippen LogP contribution is -2.27. The van der Waals surface area contributed by atoms with E-state index in [0.717, 1.165) is 17.8 Å². The second-order valence-electron chi connectivity index (χ2n) is 6.42. The number of nitrogens with zero attached hydrogens (tertiary/aromatic N) is 1. The maximum Gasteiger partial charge on any atom is 0.261 e. The summed E-state index contributed by atoms with van der Waals surface area (Å²) in [6, 6.07) is 14.9. The first-order valence-corrected chi connectivity index (χ1v) is 10.4. The van der Waals surface area contributed by atoms with Gasteiger partial charge in [-0.25, -0.2) is 12.8 Å². The minimum atomic E-state index is -3.92. The summed E-state index contributed by atoms with van der Waals surface area (Å²) in [5, 5.41) is 2.79. The number of pyridine rings is 1. The van der Waals surface area contributed by atoms with Crippen LogP contribution >= 0.6 is 0 Å². The molecule has 0 aliphatic carbocycles. The zero-order valence-corrected chi connectivity index (χ0v) is 16.5. The first-order chi connectivity index (χ1) is 13.8. The van der Waals surface area contributed by atoms with Crippen molar-refractivity contribution >= 4 is 21.6 Å². The van der Waals surface area contributed by atoms with E-state index in [-0.39, 0.29) is 22.1 Å². The molecule has 0 bridgehead atoms. The van der Waals surface area contributed by atoms with Crippen LogP contribution in [0.4, 0.5) is 10.1 Å². The number of carbonyl (C=O) groups excluding carboxylic acids is 1. The number of aryl methyl sites for hydroxylation is 1. The van der Waals surface area contributed by atoms with Crippen LogP contribution in [-0.4, -0.2) is 25.9 Å². The van der Waals surface area contributed by atoms with Gasteiger partial charge in [-0.15, -0.1) is 0 Å². The predicted octanol–water partition coefficient (Wildman–Crippen LogP) is 3.30. The number of sulfonamides is 1. The van der Waals surface area contributed by atoms with E-state index >= 15 is 0 Å². The number of rotatable bonds is 7. The number of nitrogens with one attached hydrogen (secondary N) is 2. The molecule has 2 N–H and O–H groups in total. The summed E-state index contributed by atoms with van der Waals surface area (Å²) in [7, 11) is -3.92. The van der Waals surface area contributed by atoms with Gasteiger partial charge in [0, 0.05) is 36.1 Å². The van der Waals surface area contributed by atoms with Crippen molar-refractivity contribution in [3.05, 3.63) is 89.5 Å². The van der Waals surface area contributed by atoms with E-state index in [0.29, 0.717) is 18.5 Å². The van der Waals surface area contributed by atoms with Crippen LogP contribution in [0, 0.1) is 12.7 Å². The molecule has 0 radical (unpaired) electrons. The molecule has 0 saturated heterocycles. The first kappa shape index (κ1) is 20.5. The van der Waals surface area contributed by atoms with E-state index in [1.54, 1.807) is 19.2 Å². The topological polar surface area (TPSA) is 88.2 Å². The molecule has 0 atom stereocenters. The van der Waals surface area contributed by atoms with Crippen LogP contribution in [-0.2, 0) is 16.4 Å². The Hall–Kier alpha value is -3.26. The largest absolute Gasteiger partial charge is 0.352 e. The number of hydrogen-bond acceptors (Lipinski definition) is 4. The van der Waals surface area contributed by atoms with Crippen LogP contribution in [0.5, 0.6) is 0 Å². The molecular formula is C21H20FN3O3S. The highest BCUT2D eigenvalue weighted by Crippen LogP contribution is 2.19. The number of aromatic nitrogens is 1. The zero-order chi connectivity index (χ0) is 20.9. The van der Waals surface area contributed by atoms with Gasteiger partial charge < -0.3 is 5.32 Å². The lowest BCUT2D eigenvalue weighted by Gasteiger charge is -2.12. The SMILES string of the molecule is Cc1ccc(S(=O)(=O)Nc2ccc(F)cc2)cc1C(=O)NCCc1ccccn1. The van der Waals surface area contributed by atoms with Crippen molar-refractivity contribution in [3.8, 4) is 0 Å². The Labute approximate surface area is 168 Å². The molecule has 1 heterocycles. The molecule has 6 nitrogen and oxygen atoms in total. The molecule has 0 spiro atoms. The molecule has 0 aliphatic heterocycles. The van der Waals surface area contributed by atoms with Gasteiger partial charge in [0.05, 0.1) is 4.90 Å². The predicted molar refractivity (Wildman–Crippen MR) is 109 cm³/mol. The third-order valence-corrected chi connectivity index (χ3v) is 5.63. The summed E-state index contributed by atoms with van der Waals surface area (Å²) in [6.45, 7) is 2.11. The molecule has 150 valence electrons. The zero-order valence-electron chi connectivity index (χ0n) is 15.7. The molecule has 3 aromatic rings. The summed E-state index contributed by atoms with van der Waals surface area (Å²) in [6.07, 6.45) is 2.25. The van der Waals surface area contributed by atoms with Gasteiger partial charge in [-0.3, -0.25) is 14.5 Å². The summed E-state index contributed by atoms with van der Waals surface area (Å²) < 4.78 is 40.6. The molecule has 1 amide bonds. The van der Waals surface area contributed by atoms with Crippen molar-refractivity contribution in [2.45, 2.75) is 18.2 Å². The van der Waals surface area contributed by atoms with Crippen molar-refractivity contribution in [2.75, 3.05) is 11.3 Å². The first-order valence-electron chi connectivity index (χ1n) is 8.92. The number of amides is 1. The van der Waals surface area contributed by atoms with Crippen molar-refractivity contribution in [3.63, 3.8) is 0 Å². The molecule has 0 unspecified atom stereocenters. The maximum atomic E-state index is 13.0. The van der Waals surface area contributed by atoms with Gasteiger partial charge in [-0.2, -0.15) is 0 Å². The Morgan fingerprint density at radius 3 is 2.52 bits per heavy atom. The quantitative estimate of drug-likeness (QED) is 0.622. The fourth-order valence-electron chi connectivity index (χ4n) is 2.69. The lowest BCUT2D eigenvalue weighted by atomic mass is 10.1. The Morgan fingerprint density at radius 2 is 1.83 bits per heavy atom. The maximum absolute atomic E-state index is 13.0. The Balaban J connectivity index is 1.72. The number of hydrogen-bond donors (Lipinski definition) is 2. The highest BCUT2D eigenvalue weighted by molar-refractivity contribution is 7.92. The molecule has 0 aliphatic rings. The molecule has 0 fully saturated rings. The fraction of sp³-hybridized carbons (Fsp3) is 0.143. The monoisotopic (exact) mass is 413 g/mol. The van der Waals surface area contributed by atoms with Crippen molar-refractivity contribution in [2.24, 2.45) is 0 Å². The molecule has 29 heavy (non-hydrogen) atoms. The normalized spacial score (nSPS) is 11.1. The van der Waals surface area contributed by atoms with Crippen LogP contribution in [0.15, 0.2) is 71.8 Å². The van der Waals surface area contributed by atoms with Gasteiger partial charge in [0.1, 0.15) is 5.82 Å². The van der Waals surface area contributed by atoms with Gasteiger partial charge >= 0.3 is 0 Å². The Morgan fingerprint density at radius 1 is 1.07 bits per heavy atom. The van der Waals surface area contributed by atoms with Gasteiger partial charge in [0.25, 0.3) is 15.9 Å². The highest BCUT2D eigenvalue weighted by Gasteiger charge is 2.18. The molecule has 8 heteroatoms. The number of benzene rings is 2. The van der Waals surface area contributed by atoms with Gasteiger partial charge in [0.2, 0.25) is 0 Å². The van der Waals surface area contributed by atoms with Gasteiger partial charge in [-0.1, -0.05) is 12.1 Å². The van der Waals surface area contributed by atoms with Gasteiger partial charge in [-0.05, 0) is 61.0 Å². The molecule has 3 rings (SSSR count). The van der Waals surface area contributed by atoms with Crippen LogP contribution < -0.4 is 10.0 Å². The van der Waals surface area contributed by atoms with Crippen LogP contribution in [0.1, 0.15) is 21.6 Å². The smallest absolute Gasteiger partial charge is 0.261 e. The average Bonchev–Trinajstić information content (AvgIpc) is 2.70. The summed E-state index contributed by atoms with van der Waals surface area (Å²) in [5.41, 5.74) is 2.01. The second-order valence-corrected chi connectivity index (χ2v) is 8.10. The minimum absolute atomic E-state index is 0.0534. The standard InChI is InChI=1S/C21H20FN3O3S/c1-15-5-10-19(29(27,28)25-18-8-6-16(22)7-9-18)14-20(15)21(26)24-13-11-17-4-2-3-12-23-17/h2-10,12,14,25H,11,13H2,1H3,(H,24,26). The Kier molecular flexibility index (Phi) is 6.23. The van der Waals surface area contributed by atoms with E-state index in [9.17, 15) is 17.6 Å². The van der Waals surface area contributed by atoms with E-state index < -0.39 is 15.8 Å². The minimum Gasteiger partial charge on any atom is -0.352 e. The molecule has 0 saturated carbocycles. The second kappa shape index (κ2) is 8.83. The average molecular weight is 413 g/mol. The van der Waals surface area contributed by atoms with E-state index in [4.69, 9.17) is 0 Å². The Bertz CT molecular complexity index is 1100. The third-order valence-electron chi connectivity index (χ3n) is 4.25. The number of carbonyl (C=O) groups is 1. The molecule has 2 aromatic carbocycles. The van der Waals surface area contributed by atoms with Crippen molar-refractivity contribution < 1.29 is 17.6 Å². The van der Waals surface area contributed by atoms with Crippen LogP contribution in [0.3, 0.4) is 0 Å². The fourth-order valence-corrected chi connectivity index (χ4v) is 3.77. The third kappa shape index (κ3) is 5.39. The van der Waals surface area contributed by atoms with Crippen molar-refractivity contribution in [1.82, 2.24) is 10.3 Å². The number of halogens is 1. The van der Waals surface area contributed by atoms with Crippen LogP contribution in [0.2, 0.25) is 0 Å². The molecule has 1 aromatic heterocycles. The van der Waals surface area contributed by atoms with E-state index in [2.05, 4.69) is 15.0 Å². The van der Waals surface area contributed by atoms with E-state index in [1.807, 2.05) is 18.2 Å². The van der Waals surface area contributed by atoms with Gasteiger partial charge in [0.15, 0.2) is 0 Å². The summed E-state index contributed by atoms with van der Waals surface area (Å²) in [4.78, 5) is 16.7. The van der Waals surface area contributed by atoms with E-state index in [1.165, 1.54) is 24.3 Å². The summed E-state index contributed by atoms with van der Waals surface area (Å²) >= 11 is 0.